The average molecular weight is 404 g/mol. The van der Waals surface area contributed by atoms with Gasteiger partial charge in [0.2, 0.25) is 5.95 Å². The molecule has 0 saturated heterocycles. The third-order valence-corrected chi connectivity index (χ3v) is 6.15. The summed E-state index contributed by atoms with van der Waals surface area (Å²) in [5.74, 6) is 2.25. The van der Waals surface area contributed by atoms with Gasteiger partial charge in [-0.05, 0) is 49.3 Å². The zero-order valence-corrected chi connectivity index (χ0v) is 18.3. The van der Waals surface area contributed by atoms with Crippen molar-refractivity contribution < 1.29 is 0 Å². The molecule has 1 aromatic heterocycles. The monoisotopic (exact) mass is 403 g/mol. The fourth-order valence-corrected chi connectivity index (χ4v) is 4.33. The van der Waals surface area contributed by atoms with Gasteiger partial charge in [0, 0.05) is 38.1 Å². The Balaban J connectivity index is 1.32. The summed E-state index contributed by atoms with van der Waals surface area (Å²) in [6.45, 7) is 3.33. The second-order valence-corrected chi connectivity index (χ2v) is 8.70. The van der Waals surface area contributed by atoms with E-state index < -0.39 is 0 Å². The van der Waals surface area contributed by atoms with Gasteiger partial charge in [-0.1, -0.05) is 49.4 Å². The second kappa shape index (κ2) is 9.43. The van der Waals surface area contributed by atoms with Gasteiger partial charge in [0.05, 0.1) is 5.52 Å². The van der Waals surface area contributed by atoms with Gasteiger partial charge in [-0.15, -0.1) is 0 Å². The molecular formula is C25H33N5. The zero-order valence-electron chi connectivity index (χ0n) is 18.3. The normalized spacial score (nSPS) is 20.1. The van der Waals surface area contributed by atoms with Crippen LogP contribution in [0.4, 0.5) is 11.8 Å². The lowest BCUT2D eigenvalue weighted by Crippen LogP contribution is -2.38. The van der Waals surface area contributed by atoms with Crippen molar-refractivity contribution in [3.8, 4) is 0 Å². The van der Waals surface area contributed by atoms with Crippen molar-refractivity contribution in [2.24, 2.45) is 0 Å². The van der Waals surface area contributed by atoms with Crippen LogP contribution in [0.1, 0.15) is 44.1 Å². The summed E-state index contributed by atoms with van der Waals surface area (Å²) in [4.78, 5) is 11.6. The van der Waals surface area contributed by atoms with E-state index in [1.165, 1.54) is 18.4 Å². The third kappa shape index (κ3) is 4.90. The number of benzene rings is 2. The molecule has 2 aromatic carbocycles. The first-order chi connectivity index (χ1) is 14.6. The van der Waals surface area contributed by atoms with Crippen LogP contribution in [-0.4, -0.2) is 42.7 Å². The van der Waals surface area contributed by atoms with Crippen molar-refractivity contribution in [3.63, 3.8) is 0 Å². The molecule has 1 aliphatic rings. The van der Waals surface area contributed by atoms with Crippen molar-refractivity contribution >= 4 is 22.7 Å². The van der Waals surface area contributed by atoms with Crippen LogP contribution in [0, 0.1) is 0 Å². The highest BCUT2D eigenvalue weighted by Crippen LogP contribution is 2.26. The van der Waals surface area contributed by atoms with Gasteiger partial charge in [-0.25, -0.2) is 4.98 Å². The van der Waals surface area contributed by atoms with Crippen LogP contribution < -0.4 is 15.5 Å². The number of hydrogen-bond acceptors (Lipinski definition) is 5. The molecule has 1 fully saturated rings. The second-order valence-electron chi connectivity index (χ2n) is 8.70. The molecule has 1 aliphatic carbocycles. The SMILES string of the molecule is CC(CN[C@H]1CC[C@@H](Nc2nc(N(C)C)c3ccccc3n2)CC1)c1ccccc1. The van der Waals surface area contributed by atoms with Crippen LogP contribution in [-0.2, 0) is 0 Å². The molecule has 2 N–H and O–H groups in total. The van der Waals surface area contributed by atoms with Crippen molar-refractivity contribution in [3.05, 3.63) is 60.2 Å². The molecule has 5 heteroatoms. The Morgan fingerprint density at radius 3 is 2.30 bits per heavy atom. The van der Waals surface area contributed by atoms with Crippen LogP contribution in [0.2, 0.25) is 0 Å². The Morgan fingerprint density at radius 1 is 0.900 bits per heavy atom. The summed E-state index contributed by atoms with van der Waals surface area (Å²) < 4.78 is 0. The minimum absolute atomic E-state index is 0.436. The number of rotatable bonds is 7. The molecule has 5 nitrogen and oxygen atoms in total. The summed E-state index contributed by atoms with van der Waals surface area (Å²) in [5.41, 5.74) is 2.40. The standard InChI is InChI=1S/C25H33N5/c1-18(19-9-5-4-6-10-19)17-26-20-13-15-21(16-14-20)27-25-28-23-12-8-7-11-22(23)24(29-25)30(2)3/h4-12,18,20-21,26H,13-17H2,1-3H3,(H,27,28,29)/t18?,20-,21+. The van der Waals surface area contributed by atoms with Gasteiger partial charge < -0.3 is 15.5 Å². The molecule has 1 saturated carbocycles. The summed E-state index contributed by atoms with van der Waals surface area (Å²) in [7, 11) is 4.07. The van der Waals surface area contributed by atoms with Crippen molar-refractivity contribution in [1.29, 1.82) is 0 Å². The molecule has 30 heavy (non-hydrogen) atoms. The van der Waals surface area contributed by atoms with Crippen LogP contribution in [0.3, 0.4) is 0 Å². The number of nitrogens with zero attached hydrogens (tertiary/aromatic N) is 3. The van der Waals surface area contributed by atoms with Crippen LogP contribution in [0.5, 0.6) is 0 Å². The first-order valence-electron chi connectivity index (χ1n) is 11.1. The van der Waals surface area contributed by atoms with E-state index in [-0.39, 0.29) is 0 Å². The van der Waals surface area contributed by atoms with E-state index in [0.29, 0.717) is 18.0 Å². The average Bonchev–Trinajstić information content (AvgIpc) is 2.78. The summed E-state index contributed by atoms with van der Waals surface area (Å²) in [6, 6.07) is 20.0. The Hall–Kier alpha value is -2.66. The van der Waals surface area contributed by atoms with Crippen LogP contribution >= 0.6 is 0 Å². The van der Waals surface area contributed by atoms with E-state index in [1.807, 2.05) is 26.2 Å². The number of nitrogens with one attached hydrogen (secondary N) is 2. The number of fused-ring (bicyclic) bond motifs is 1. The summed E-state index contributed by atoms with van der Waals surface area (Å²) in [5, 5.41) is 8.48. The van der Waals surface area contributed by atoms with E-state index in [4.69, 9.17) is 9.97 Å². The quantitative estimate of drug-likeness (QED) is 0.593. The molecule has 4 rings (SSSR count). The maximum absolute atomic E-state index is 4.79. The first-order valence-corrected chi connectivity index (χ1v) is 11.1. The molecule has 1 atom stereocenters. The lowest BCUT2D eigenvalue weighted by Gasteiger charge is -2.31. The van der Waals surface area contributed by atoms with Gasteiger partial charge in [-0.3, -0.25) is 0 Å². The van der Waals surface area contributed by atoms with Gasteiger partial charge in [0.1, 0.15) is 5.82 Å². The smallest absolute Gasteiger partial charge is 0.225 e. The lowest BCUT2D eigenvalue weighted by molar-refractivity contribution is 0.348. The summed E-state index contributed by atoms with van der Waals surface area (Å²) >= 11 is 0. The molecule has 0 bridgehead atoms. The molecular weight excluding hydrogens is 370 g/mol. The maximum Gasteiger partial charge on any atom is 0.225 e. The molecule has 0 radical (unpaired) electrons. The Morgan fingerprint density at radius 2 is 1.57 bits per heavy atom. The third-order valence-electron chi connectivity index (χ3n) is 6.15. The molecule has 0 spiro atoms. The molecule has 0 amide bonds. The van der Waals surface area contributed by atoms with Gasteiger partial charge in [0.15, 0.2) is 0 Å². The van der Waals surface area contributed by atoms with Crippen LogP contribution in [0.15, 0.2) is 54.6 Å². The van der Waals surface area contributed by atoms with E-state index in [0.717, 1.165) is 42.1 Å². The van der Waals surface area contributed by atoms with E-state index >= 15 is 0 Å². The van der Waals surface area contributed by atoms with E-state index in [1.54, 1.807) is 0 Å². The van der Waals surface area contributed by atoms with Crippen molar-refractivity contribution in [2.45, 2.75) is 50.6 Å². The minimum Gasteiger partial charge on any atom is -0.362 e. The highest BCUT2D eigenvalue weighted by molar-refractivity contribution is 5.90. The highest BCUT2D eigenvalue weighted by atomic mass is 15.2. The molecule has 3 aromatic rings. The van der Waals surface area contributed by atoms with Crippen molar-refractivity contribution in [2.75, 3.05) is 30.9 Å². The molecule has 1 unspecified atom stereocenters. The largest absolute Gasteiger partial charge is 0.362 e. The fraction of sp³-hybridized carbons (Fsp3) is 0.440. The predicted octanol–water partition coefficient (Wildman–Crippen LogP) is 4.81. The minimum atomic E-state index is 0.436. The first kappa shape index (κ1) is 20.6. The predicted molar refractivity (Wildman–Crippen MR) is 126 cm³/mol. The molecule has 0 aliphatic heterocycles. The number of anilines is 2. The van der Waals surface area contributed by atoms with E-state index in [2.05, 4.69) is 64.9 Å². The number of para-hydroxylation sites is 1. The Labute approximate surface area is 179 Å². The van der Waals surface area contributed by atoms with Gasteiger partial charge in [0.25, 0.3) is 0 Å². The Bertz CT molecular complexity index is 948. The van der Waals surface area contributed by atoms with Crippen LogP contribution in [0.25, 0.3) is 10.9 Å². The zero-order chi connectivity index (χ0) is 20.9. The van der Waals surface area contributed by atoms with Gasteiger partial charge in [-0.2, -0.15) is 4.98 Å². The fourth-order valence-electron chi connectivity index (χ4n) is 4.33. The van der Waals surface area contributed by atoms with E-state index in [9.17, 15) is 0 Å². The maximum atomic E-state index is 4.79. The highest BCUT2D eigenvalue weighted by Gasteiger charge is 2.22. The summed E-state index contributed by atoms with van der Waals surface area (Å²) in [6.07, 6.45) is 4.66. The molecule has 158 valence electrons. The topological polar surface area (TPSA) is 53.1 Å². The van der Waals surface area contributed by atoms with Gasteiger partial charge >= 0.3 is 0 Å². The van der Waals surface area contributed by atoms with Crippen molar-refractivity contribution in [1.82, 2.24) is 15.3 Å². The molecule has 1 heterocycles. The number of aromatic nitrogens is 2. The Kier molecular flexibility index (Phi) is 6.48. The lowest BCUT2D eigenvalue weighted by atomic mass is 9.90. The number of hydrogen-bond donors (Lipinski definition) is 2.